The first kappa shape index (κ1) is 20.0. The first-order valence-electron chi connectivity index (χ1n) is 10.5. The van der Waals surface area contributed by atoms with E-state index in [0.717, 1.165) is 11.1 Å². The van der Waals surface area contributed by atoms with Gasteiger partial charge in [0, 0.05) is 37.4 Å². The number of anilines is 1. The maximum atomic E-state index is 13.4. The van der Waals surface area contributed by atoms with E-state index in [4.69, 9.17) is 4.42 Å². The van der Waals surface area contributed by atoms with E-state index in [1.54, 1.807) is 47.4 Å². The minimum absolute atomic E-state index is 0.102. The third-order valence-corrected chi connectivity index (χ3v) is 5.85. The van der Waals surface area contributed by atoms with Gasteiger partial charge < -0.3 is 14.2 Å². The number of amides is 1. The summed E-state index contributed by atoms with van der Waals surface area (Å²) in [5.74, 6) is 0.0114. The molecule has 0 N–H and O–H groups in total. The molecule has 2 heterocycles. The highest BCUT2D eigenvalue weighted by Gasteiger charge is 2.25. The lowest BCUT2D eigenvalue weighted by molar-refractivity contribution is 0.0747. The third-order valence-electron chi connectivity index (χ3n) is 5.85. The lowest BCUT2D eigenvalue weighted by Crippen LogP contribution is -2.48. The number of nitrogens with zero attached hydrogens (tertiary/aromatic N) is 2. The van der Waals surface area contributed by atoms with Gasteiger partial charge in [-0.15, -0.1) is 0 Å². The van der Waals surface area contributed by atoms with E-state index < -0.39 is 5.63 Å². The fourth-order valence-corrected chi connectivity index (χ4v) is 4.14. The number of carbonyl (C=O) groups is 1. The van der Waals surface area contributed by atoms with Crippen LogP contribution >= 0.6 is 0 Å². The van der Waals surface area contributed by atoms with Crippen molar-refractivity contribution in [3.63, 3.8) is 0 Å². The highest BCUT2D eigenvalue weighted by Crippen LogP contribution is 2.27. The molecule has 5 rings (SSSR count). The van der Waals surface area contributed by atoms with Crippen LogP contribution in [0.4, 0.5) is 10.1 Å². The highest BCUT2D eigenvalue weighted by atomic mass is 19.1. The van der Waals surface area contributed by atoms with Gasteiger partial charge in [-0.05, 0) is 47.9 Å². The van der Waals surface area contributed by atoms with Gasteiger partial charge in [0.05, 0.1) is 10.9 Å². The summed E-state index contributed by atoms with van der Waals surface area (Å²) in [6.07, 6.45) is 0. The molecule has 0 spiro atoms. The van der Waals surface area contributed by atoms with Crippen molar-refractivity contribution in [2.75, 3.05) is 31.1 Å². The van der Waals surface area contributed by atoms with Crippen LogP contribution in [0.3, 0.4) is 0 Å². The quantitative estimate of drug-likeness (QED) is 0.480. The Morgan fingerprint density at radius 3 is 2.31 bits per heavy atom. The second kappa shape index (κ2) is 8.30. The van der Waals surface area contributed by atoms with Crippen LogP contribution in [0.15, 0.2) is 88.1 Å². The van der Waals surface area contributed by atoms with Gasteiger partial charge in [0.2, 0.25) is 0 Å². The topological polar surface area (TPSA) is 53.8 Å². The summed E-state index contributed by atoms with van der Waals surface area (Å²) in [7, 11) is 0. The van der Waals surface area contributed by atoms with E-state index in [1.807, 2.05) is 24.3 Å². The Morgan fingerprint density at radius 1 is 0.844 bits per heavy atom. The van der Waals surface area contributed by atoms with Crippen LogP contribution in [0.1, 0.15) is 10.4 Å². The van der Waals surface area contributed by atoms with Crippen molar-refractivity contribution in [1.82, 2.24) is 4.90 Å². The predicted octanol–water partition coefficient (Wildman–Crippen LogP) is 4.56. The molecule has 0 atom stereocenters. The molecule has 0 unspecified atom stereocenters. The number of rotatable bonds is 3. The van der Waals surface area contributed by atoms with Gasteiger partial charge in [-0.25, -0.2) is 9.18 Å². The van der Waals surface area contributed by atoms with E-state index in [1.165, 1.54) is 12.1 Å². The molecule has 160 valence electrons. The average Bonchev–Trinajstić information content (AvgIpc) is 2.84. The summed E-state index contributed by atoms with van der Waals surface area (Å²) in [6, 6.07) is 22.6. The zero-order valence-electron chi connectivity index (χ0n) is 17.3. The van der Waals surface area contributed by atoms with Gasteiger partial charge in [-0.1, -0.05) is 36.4 Å². The third kappa shape index (κ3) is 3.75. The van der Waals surface area contributed by atoms with Crippen LogP contribution in [-0.2, 0) is 0 Å². The van der Waals surface area contributed by atoms with Crippen LogP contribution < -0.4 is 10.5 Å². The second-order valence-corrected chi connectivity index (χ2v) is 7.79. The second-order valence-electron chi connectivity index (χ2n) is 7.79. The summed E-state index contributed by atoms with van der Waals surface area (Å²) in [5, 5.41) is 1.28. The van der Waals surface area contributed by atoms with Crippen molar-refractivity contribution in [3.8, 4) is 11.3 Å². The Kier molecular flexibility index (Phi) is 5.19. The van der Waals surface area contributed by atoms with Gasteiger partial charge in [0.25, 0.3) is 5.91 Å². The smallest absolute Gasteiger partial charge is 0.344 e. The number of piperazine rings is 1. The molecule has 6 heteroatoms. The SMILES string of the molecule is O=C(c1ccccc1-c1cc2ccccc2c(=O)o1)N1CCN(c2ccc(F)cc2)CC1. The number of halogens is 1. The molecule has 5 nitrogen and oxygen atoms in total. The molecule has 0 radical (unpaired) electrons. The molecule has 3 aromatic carbocycles. The van der Waals surface area contributed by atoms with Crippen LogP contribution in [0, 0.1) is 5.82 Å². The Labute approximate surface area is 184 Å². The zero-order valence-corrected chi connectivity index (χ0v) is 17.3. The fraction of sp³-hybridized carbons (Fsp3) is 0.154. The molecule has 0 aliphatic carbocycles. The van der Waals surface area contributed by atoms with E-state index in [2.05, 4.69) is 4.90 Å². The van der Waals surface area contributed by atoms with E-state index in [-0.39, 0.29) is 11.7 Å². The molecule has 1 fully saturated rings. The number of hydrogen-bond acceptors (Lipinski definition) is 4. The fourth-order valence-electron chi connectivity index (χ4n) is 4.14. The summed E-state index contributed by atoms with van der Waals surface area (Å²) in [6.45, 7) is 2.41. The van der Waals surface area contributed by atoms with E-state index >= 15 is 0 Å². The van der Waals surface area contributed by atoms with Crippen LogP contribution in [0.2, 0.25) is 0 Å². The van der Waals surface area contributed by atoms with Crippen molar-refractivity contribution in [3.05, 3.63) is 101 Å². The van der Waals surface area contributed by atoms with Crippen molar-refractivity contribution >= 4 is 22.4 Å². The maximum absolute atomic E-state index is 13.4. The number of hydrogen-bond donors (Lipinski definition) is 0. The molecule has 0 bridgehead atoms. The number of fused-ring (bicyclic) bond motifs is 1. The van der Waals surface area contributed by atoms with Crippen molar-refractivity contribution < 1.29 is 13.6 Å². The Morgan fingerprint density at radius 2 is 1.53 bits per heavy atom. The van der Waals surface area contributed by atoms with Crippen LogP contribution in [-0.4, -0.2) is 37.0 Å². The molecule has 1 aliphatic heterocycles. The molecule has 4 aromatic rings. The van der Waals surface area contributed by atoms with Crippen molar-refractivity contribution in [2.24, 2.45) is 0 Å². The number of benzene rings is 3. The summed E-state index contributed by atoms with van der Waals surface area (Å²) < 4.78 is 18.8. The molecule has 0 saturated carbocycles. The Hall–Kier alpha value is -3.93. The lowest BCUT2D eigenvalue weighted by atomic mass is 10.0. The molecular formula is C26H21FN2O3. The van der Waals surface area contributed by atoms with E-state index in [0.29, 0.717) is 48.5 Å². The maximum Gasteiger partial charge on any atom is 0.344 e. The minimum Gasteiger partial charge on any atom is -0.422 e. The van der Waals surface area contributed by atoms with Crippen molar-refractivity contribution in [2.45, 2.75) is 0 Å². The molecule has 1 saturated heterocycles. The molecule has 1 amide bonds. The molecule has 32 heavy (non-hydrogen) atoms. The number of carbonyl (C=O) groups excluding carboxylic acids is 1. The minimum atomic E-state index is -0.423. The molecular weight excluding hydrogens is 407 g/mol. The largest absolute Gasteiger partial charge is 0.422 e. The van der Waals surface area contributed by atoms with Crippen LogP contribution in [0.25, 0.3) is 22.1 Å². The molecule has 1 aromatic heterocycles. The van der Waals surface area contributed by atoms with Crippen LogP contribution in [0.5, 0.6) is 0 Å². The zero-order chi connectivity index (χ0) is 22.1. The first-order valence-corrected chi connectivity index (χ1v) is 10.5. The molecule has 1 aliphatic rings. The van der Waals surface area contributed by atoms with Crippen molar-refractivity contribution in [1.29, 1.82) is 0 Å². The highest BCUT2D eigenvalue weighted by molar-refractivity contribution is 6.01. The monoisotopic (exact) mass is 428 g/mol. The standard InChI is InChI=1S/C26H21FN2O3/c27-19-9-11-20(12-10-19)28-13-15-29(16-14-28)25(30)23-8-4-3-7-22(23)24-17-18-5-1-2-6-21(18)26(31)32-24/h1-12,17H,13-16H2. The summed E-state index contributed by atoms with van der Waals surface area (Å²) in [4.78, 5) is 29.8. The summed E-state index contributed by atoms with van der Waals surface area (Å²) >= 11 is 0. The van der Waals surface area contributed by atoms with Gasteiger partial charge in [-0.2, -0.15) is 0 Å². The normalized spacial score (nSPS) is 14.0. The van der Waals surface area contributed by atoms with Gasteiger partial charge >= 0.3 is 5.63 Å². The Bertz CT molecular complexity index is 1340. The van der Waals surface area contributed by atoms with Gasteiger partial charge in [0.15, 0.2) is 0 Å². The lowest BCUT2D eigenvalue weighted by Gasteiger charge is -2.36. The van der Waals surface area contributed by atoms with Gasteiger partial charge in [-0.3, -0.25) is 4.79 Å². The predicted molar refractivity (Wildman–Crippen MR) is 122 cm³/mol. The summed E-state index contributed by atoms with van der Waals surface area (Å²) in [5.41, 5.74) is 1.62. The van der Waals surface area contributed by atoms with E-state index in [9.17, 15) is 14.0 Å². The Balaban J connectivity index is 1.40. The first-order chi connectivity index (χ1) is 15.6. The van der Waals surface area contributed by atoms with Gasteiger partial charge in [0.1, 0.15) is 11.6 Å². The average molecular weight is 428 g/mol.